The minimum absolute atomic E-state index is 0.160. The van der Waals surface area contributed by atoms with Crippen molar-refractivity contribution in [3.05, 3.63) is 116 Å². The van der Waals surface area contributed by atoms with Crippen molar-refractivity contribution in [3.63, 3.8) is 0 Å². The molecule has 0 atom stereocenters. The number of carbonyl (C=O) groups excluding carboxylic acids is 2. The normalized spacial score (nSPS) is 11.2. The largest absolute Gasteiger partial charge is 0.383 e. The second-order valence-electron chi connectivity index (χ2n) is 11.5. The van der Waals surface area contributed by atoms with Gasteiger partial charge in [-0.05, 0) is 61.5 Å². The zero-order chi connectivity index (χ0) is 35.8. The van der Waals surface area contributed by atoms with Gasteiger partial charge in [-0.1, -0.05) is 36.4 Å². The van der Waals surface area contributed by atoms with Gasteiger partial charge in [0.05, 0.1) is 24.2 Å². The SMILES string of the molecule is CCNC(=O)Nc1ccc(-c2sc3c(c2CN(C)CCC(=O)NCCOC)c(=O)n(-c2ccccc2)c(=O)n3Cc2c(F)cccc2F)cc1. The highest BCUT2D eigenvalue weighted by molar-refractivity contribution is 7.22. The molecule has 262 valence electrons. The summed E-state index contributed by atoms with van der Waals surface area (Å²) in [6.07, 6.45) is 0.184. The molecule has 0 spiro atoms. The molecule has 50 heavy (non-hydrogen) atoms. The van der Waals surface area contributed by atoms with E-state index in [-0.39, 0.29) is 40.7 Å². The fourth-order valence-electron chi connectivity index (χ4n) is 5.50. The molecule has 0 fully saturated rings. The molecule has 0 saturated heterocycles. The molecule has 0 aliphatic rings. The van der Waals surface area contributed by atoms with Crippen molar-refractivity contribution in [2.75, 3.05) is 45.7 Å². The van der Waals surface area contributed by atoms with Gasteiger partial charge in [0.25, 0.3) is 5.56 Å². The molecule has 2 aromatic heterocycles. The van der Waals surface area contributed by atoms with Gasteiger partial charge in [-0.2, -0.15) is 0 Å². The number of hydrogen-bond acceptors (Lipinski definition) is 7. The number of hydrogen-bond donors (Lipinski definition) is 3. The number of nitrogens with one attached hydrogen (secondary N) is 3. The molecular weight excluding hydrogens is 666 g/mol. The molecule has 0 aliphatic heterocycles. The van der Waals surface area contributed by atoms with Crippen LogP contribution in [0.3, 0.4) is 0 Å². The van der Waals surface area contributed by atoms with Crippen molar-refractivity contribution in [1.82, 2.24) is 24.7 Å². The van der Waals surface area contributed by atoms with Crippen molar-refractivity contribution in [2.45, 2.75) is 26.4 Å². The number of halogens is 2. The summed E-state index contributed by atoms with van der Waals surface area (Å²) in [6.45, 7) is 3.11. The zero-order valence-electron chi connectivity index (χ0n) is 27.9. The number of aromatic nitrogens is 2. The lowest BCUT2D eigenvalue weighted by Gasteiger charge is -2.18. The number of ether oxygens (including phenoxy) is 1. The summed E-state index contributed by atoms with van der Waals surface area (Å²) >= 11 is 1.16. The van der Waals surface area contributed by atoms with E-state index in [1.54, 1.807) is 61.7 Å². The zero-order valence-corrected chi connectivity index (χ0v) is 28.7. The molecule has 3 amide bonds. The second kappa shape index (κ2) is 16.5. The molecule has 3 N–H and O–H groups in total. The Hall–Kier alpha value is -5.18. The number of nitrogens with zero attached hydrogens (tertiary/aromatic N) is 3. The van der Waals surface area contributed by atoms with Crippen molar-refractivity contribution >= 4 is 39.2 Å². The number of para-hydroxylation sites is 1. The molecule has 5 rings (SSSR count). The van der Waals surface area contributed by atoms with Gasteiger partial charge in [0, 0.05) is 55.8 Å². The third-order valence-corrected chi connectivity index (χ3v) is 9.29. The van der Waals surface area contributed by atoms with Crippen LogP contribution in [0.15, 0.2) is 82.4 Å². The lowest BCUT2D eigenvalue weighted by molar-refractivity contribution is -0.121. The monoisotopic (exact) mass is 704 g/mol. The van der Waals surface area contributed by atoms with Crippen LogP contribution < -0.4 is 27.2 Å². The van der Waals surface area contributed by atoms with Crippen molar-refractivity contribution in [2.24, 2.45) is 0 Å². The van der Waals surface area contributed by atoms with Crippen LogP contribution in [-0.2, 0) is 22.6 Å². The van der Waals surface area contributed by atoms with Crippen LogP contribution >= 0.6 is 11.3 Å². The van der Waals surface area contributed by atoms with E-state index in [9.17, 15) is 19.2 Å². The highest BCUT2D eigenvalue weighted by Gasteiger charge is 2.26. The minimum Gasteiger partial charge on any atom is -0.383 e. The molecule has 3 aromatic carbocycles. The number of methoxy groups -OCH3 is 1. The minimum atomic E-state index is -0.821. The molecule has 14 heteroatoms. The fraction of sp³-hybridized carbons (Fsp3) is 0.278. The number of benzene rings is 3. The van der Waals surface area contributed by atoms with Gasteiger partial charge in [0.2, 0.25) is 5.91 Å². The topological polar surface area (TPSA) is 127 Å². The maximum absolute atomic E-state index is 15.0. The maximum Gasteiger partial charge on any atom is 0.337 e. The van der Waals surface area contributed by atoms with E-state index in [0.29, 0.717) is 53.6 Å². The van der Waals surface area contributed by atoms with Crippen LogP contribution in [-0.4, -0.2) is 66.4 Å². The molecule has 0 saturated carbocycles. The summed E-state index contributed by atoms with van der Waals surface area (Å²) in [5.74, 6) is -1.80. The van der Waals surface area contributed by atoms with Crippen molar-refractivity contribution < 1.29 is 23.1 Å². The number of fused-ring (bicyclic) bond motifs is 1. The Labute approximate surface area is 291 Å². The highest BCUT2D eigenvalue weighted by Crippen LogP contribution is 2.38. The standard InChI is InChI=1S/C36H38F2N6O5S/c1-4-39-35(47)41-24-15-13-23(14-16-24)32-27(21-42(2)19-17-30(45)40-18-20-49-3)31-33(46)44(25-9-6-5-7-10-25)36(48)43(34(31)50-32)22-26-28(37)11-8-12-29(26)38/h5-16H,4,17-22H2,1-3H3,(H,40,45)(H2,39,41,47). The average molecular weight is 705 g/mol. The summed E-state index contributed by atoms with van der Waals surface area (Å²) in [4.78, 5) is 56.0. The van der Waals surface area contributed by atoms with Gasteiger partial charge >= 0.3 is 11.7 Å². The first kappa shape index (κ1) is 36.1. The smallest absolute Gasteiger partial charge is 0.337 e. The predicted octanol–water partition coefficient (Wildman–Crippen LogP) is 4.93. The van der Waals surface area contributed by atoms with Crippen molar-refractivity contribution in [1.29, 1.82) is 0 Å². The lowest BCUT2D eigenvalue weighted by atomic mass is 10.1. The number of anilines is 1. The molecule has 11 nitrogen and oxygen atoms in total. The summed E-state index contributed by atoms with van der Waals surface area (Å²) in [5, 5.41) is 8.45. The molecule has 0 bridgehead atoms. The van der Waals surface area contributed by atoms with Crippen LogP contribution in [0.1, 0.15) is 24.5 Å². The number of urea groups is 1. The van der Waals surface area contributed by atoms with Gasteiger partial charge in [0.1, 0.15) is 16.5 Å². The second-order valence-corrected chi connectivity index (χ2v) is 12.5. The number of rotatable bonds is 14. The Kier molecular flexibility index (Phi) is 11.9. The van der Waals surface area contributed by atoms with Gasteiger partial charge in [-0.3, -0.25) is 14.2 Å². The van der Waals surface area contributed by atoms with E-state index in [4.69, 9.17) is 4.74 Å². The van der Waals surface area contributed by atoms with E-state index >= 15 is 8.78 Å². The first-order chi connectivity index (χ1) is 24.1. The van der Waals surface area contributed by atoms with Gasteiger partial charge < -0.3 is 25.6 Å². The van der Waals surface area contributed by atoms with Crippen LogP contribution in [0, 0.1) is 11.6 Å². The van der Waals surface area contributed by atoms with E-state index < -0.39 is 29.4 Å². The number of thiophene rings is 1. The molecule has 0 unspecified atom stereocenters. The van der Waals surface area contributed by atoms with Crippen LogP contribution in [0.2, 0.25) is 0 Å². The summed E-state index contributed by atoms with van der Waals surface area (Å²) in [5.41, 5.74) is 0.454. The Bertz CT molecular complexity index is 2080. The van der Waals surface area contributed by atoms with Gasteiger partial charge in [-0.15, -0.1) is 11.3 Å². The Morgan fingerprint density at radius 1 is 0.920 bits per heavy atom. The van der Waals surface area contributed by atoms with E-state index in [2.05, 4.69) is 16.0 Å². The predicted molar refractivity (Wildman–Crippen MR) is 191 cm³/mol. The van der Waals surface area contributed by atoms with Gasteiger partial charge in [0.15, 0.2) is 0 Å². The van der Waals surface area contributed by atoms with Crippen LogP contribution in [0.25, 0.3) is 26.3 Å². The number of carbonyl (C=O) groups is 2. The van der Waals surface area contributed by atoms with E-state index in [1.807, 2.05) is 18.9 Å². The summed E-state index contributed by atoms with van der Waals surface area (Å²) < 4.78 is 37.3. The van der Waals surface area contributed by atoms with Crippen LogP contribution in [0.4, 0.5) is 19.3 Å². The molecule has 2 heterocycles. The number of amides is 3. The van der Waals surface area contributed by atoms with E-state index in [0.717, 1.165) is 28.0 Å². The first-order valence-corrected chi connectivity index (χ1v) is 16.8. The summed E-state index contributed by atoms with van der Waals surface area (Å²) in [6, 6.07) is 18.5. The molecule has 0 aliphatic carbocycles. The van der Waals surface area contributed by atoms with Gasteiger partial charge in [-0.25, -0.2) is 22.9 Å². The fourth-order valence-corrected chi connectivity index (χ4v) is 6.80. The highest BCUT2D eigenvalue weighted by atomic mass is 32.1. The lowest BCUT2D eigenvalue weighted by Crippen LogP contribution is -2.39. The molecule has 5 aromatic rings. The third kappa shape index (κ3) is 8.16. The van der Waals surface area contributed by atoms with Crippen molar-refractivity contribution in [3.8, 4) is 16.1 Å². The Morgan fingerprint density at radius 2 is 1.62 bits per heavy atom. The molecular formula is C36H38F2N6O5S. The Morgan fingerprint density at radius 3 is 2.28 bits per heavy atom. The maximum atomic E-state index is 15.0. The first-order valence-electron chi connectivity index (χ1n) is 16.0. The van der Waals surface area contributed by atoms with Crippen LogP contribution in [0.5, 0.6) is 0 Å². The summed E-state index contributed by atoms with van der Waals surface area (Å²) in [7, 11) is 3.36. The third-order valence-electron chi connectivity index (χ3n) is 7.98. The van der Waals surface area contributed by atoms with E-state index in [1.165, 1.54) is 10.6 Å². The average Bonchev–Trinajstić information content (AvgIpc) is 3.47. The molecule has 0 radical (unpaired) electrons. The quantitative estimate of drug-likeness (QED) is 0.141. The Balaban J connectivity index is 1.69.